The van der Waals surface area contributed by atoms with Crippen molar-refractivity contribution >= 4 is 16.8 Å². The quantitative estimate of drug-likeness (QED) is 0.632. The van der Waals surface area contributed by atoms with E-state index < -0.39 is 0 Å². The highest BCUT2D eigenvalue weighted by Crippen LogP contribution is 2.18. The van der Waals surface area contributed by atoms with Crippen molar-refractivity contribution in [1.29, 1.82) is 0 Å². The van der Waals surface area contributed by atoms with E-state index in [0.29, 0.717) is 0 Å². The molecule has 2 nitrogen and oxygen atoms in total. The first-order valence-corrected chi connectivity index (χ1v) is 5.03. The van der Waals surface area contributed by atoms with Crippen molar-refractivity contribution in [3.8, 4) is 0 Å². The van der Waals surface area contributed by atoms with E-state index in [4.69, 9.17) is 11.6 Å². The molecule has 1 fully saturated rings. The number of carbonyl (C=O) groups is 1. The van der Waals surface area contributed by atoms with Gasteiger partial charge in [0.2, 0.25) is 5.24 Å². The topological polar surface area (TPSA) is 20.3 Å². The molecule has 0 amide bonds. The van der Waals surface area contributed by atoms with Gasteiger partial charge in [-0.3, -0.25) is 4.79 Å². The Labute approximate surface area is 78.9 Å². The molecule has 0 bridgehead atoms. The van der Waals surface area contributed by atoms with Gasteiger partial charge in [0.1, 0.15) is 0 Å². The molecule has 0 spiro atoms. The molecule has 1 rings (SSSR count). The number of rotatable bonds is 3. The maximum absolute atomic E-state index is 10.9. The van der Waals surface area contributed by atoms with Crippen LogP contribution in [0.1, 0.15) is 26.2 Å². The van der Waals surface area contributed by atoms with Crippen molar-refractivity contribution in [2.24, 2.45) is 5.92 Å². The van der Waals surface area contributed by atoms with Crippen LogP contribution in [0.15, 0.2) is 0 Å². The molecule has 1 aliphatic heterocycles. The fourth-order valence-corrected chi connectivity index (χ4v) is 1.94. The van der Waals surface area contributed by atoms with Crippen LogP contribution in [-0.4, -0.2) is 29.8 Å². The molecular formula is C9H16ClNO. The number of nitrogens with zero attached hydrogens (tertiary/aromatic N) is 1. The van der Waals surface area contributed by atoms with Crippen LogP contribution in [-0.2, 0) is 4.79 Å². The van der Waals surface area contributed by atoms with Crippen LogP contribution in [0.3, 0.4) is 0 Å². The summed E-state index contributed by atoms with van der Waals surface area (Å²) in [5.74, 6) is 0.0898. The molecule has 12 heavy (non-hydrogen) atoms. The van der Waals surface area contributed by atoms with Gasteiger partial charge in [0.05, 0.1) is 0 Å². The van der Waals surface area contributed by atoms with Crippen molar-refractivity contribution in [2.75, 3.05) is 19.6 Å². The van der Waals surface area contributed by atoms with E-state index in [-0.39, 0.29) is 11.2 Å². The van der Waals surface area contributed by atoms with Crippen LogP contribution < -0.4 is 0 Å². The highest BCUT2D eigenvalue weighted by molar-refractivity contribution is 6.64. The summed E-state index contributed by atoms with van der Waals surface area (Å²) in [5.41, 5.74) is 0. The Morgan fingerprint density at radius 1 is 1.67 bits per heavy atom. The molecule has 0 aromatic heterocycles. The third kappa shape index (κ3) is 2.76. The second kappa shape index (κ2) is 4.83. The summed E-state index contributed by atoms with van der Waals surface area (Å²) in [5, 5.41) is -0.157. The minimum atomic E-state index is -0.157. The van der Waals surface area contributed by atoms with Crippen molar-refractivity contribution in [3.63, 3.8) is 0 Å². The predicted molar refractivity (Wildman–Crippen MR) is 50.3 cm³/mol. The van der Waals surface area contributed by atoms with Crippen LogP contribution in [0.25, 0.3) is 0 Å². The van der Waals surface area contributed by atoms with E-state index in [0.717, 1.165) is 38.9 Å². The molecule has 1 aliphatic rings. The lowest BCUT2D eigenvalue weighted by atomic mass is 9.99. The molecule has 1 saturated heterocycles. The minimum Gasteiger partial charge on any atom is -0.303 e. The maximum atomic E-state index is 10.9. The Balaban J connectivity index is 2.35. The summed E-state index contributed by atoms with van der Waals surface area (Å²) in [4.78, 5) is 13.2. The molecule has 0 radical (unpaired) electrons. The summed E-state index contributed by atoms with van der Waals surface area (Å²) < 4.78 is 0. The zero-order chi connectivity index (χ0) is 8.97. The highest BCUT2D eigenvalue weighted by Gasteiger charge is 2.23. The van der Waals surface area contributed by atoms with Gasteiger partial charge in [-0.1, -0.05) is 6.92 Å². The van der Waals surface area contributed by atoms with E-state index in [1.54, 1.807) is 0 Å². The zero-order valence-electron chi connectivity index (χ0n) is 7.55. The Morgan fingerprint density at radius 3 is 3.00 bits per heavy atom. The number of halogens is 1. The van der Waals surface area contributed by atoms with Gasteiger partial charge in [-0.15, -0.1) is 0 Å². The maximum Gasteiger partial charge on any atom is 0.226 e. The van der Waals surface area contributed by atoms with Gasteiger partial charge < -0.3 is 4.90 Å². The number of likely N-dealkylation sites (tertiary alicyclic amines) is 1. The summed E-state index contributed by atoms with van der Waals surface area (Å²) in [6, 6.07) is 0. The molecule has 0 aromatic rings. The molecule has 70 valence electrons. The molecular weight excluding hydrogens is 174 g/mol. The zero-order valence-corrected chi connectivity index (χ0v) is 8.31. The van der Waals surface area contributed by atoms with E-state index in [1.165, 1.54) is 0 Å². The van der Waals surface area contributed by atoms with Crippen LogP contribution >= 0.6 is 11.6 Å². The Morgan fingerprint density at radius 2 is 2.42 bits per heavy atom. The molecule has 0 aromatic carbocycles. The summed E-state index contributed by atoms with van der Waals surface area (Å²) >= 11 is 5.46. The molecule has 0 saturated carbocycles. The summed E-state index contributed by atoms with van der Waals surface area (Å²) in [6.45, 7) is 5.26. The minimum absolute atomic E-state index is 0.0898. The third-order valence-corrected chi connectivity index (χ3v) is 2.67. The number of piperidine rings is 1. The molecule has 1 atom stereocenters. The molecule has 1 heterocycles. The number of hydrogen-bond donors (Lipinski definition) is 0. The first-order valence-electron chi connectivity index (χ1n) is 4.65. The Bertz CT molecular complexity index is 159. The van der Waals surface area contributed by atoms with Gasteiger partial charge in [0.25, 0.3) is 0 Å². The molecule has 0 aliphatic carbocycles. The van der Waals surface area contributed by atoms with Crippen LogP contribution in [0, 0.1) is 5.92 Å². The van der Waals surface area contributed by atoms with Gasteiger partial charge in [-0.2, -0.15) is 0 Å². The predicted octanol–water partition coefficient (Wildman–Crippen LogP) is 1.87. The fraction of sp³-hybridized carbons (Fsp3) is 0.889. The van der Waals surface area contributed by atoms with Gasteiger partial charge in [0.15, 0.2) is 0 Å². The van der Waals surface area contributed by atoms with Crippen LogP contribution in [0.5, 0.6) is 0 Å². The van der Waals surface area contributed by atoms with Crippen molar-refractivity contribution < 1.29 is 4.79 Å². The first kappa shape index (κ1) is 10.0. The lowest BCUT2D eigenvalue weighted by molar-refractivity contribution is -0.116. The largest absolute Gasteiger partial charge is 0.303 e. The Kier molecular flexibility index (Phi) is 4.02. The average Bonchev–Trinajstić information content (AvgIpc) is 2.05. The van der Waals surface area contributed by atoms with E-state index >= 15 is 0 Å². The third-order valence-electron chi connectivity index (χ3n) is 2.37. The average molecular weight is 190 g/mol. The Hall–Kier alpha value is -0.0800. The van der Waals surface area contributed by atoms with Gasteiger partial charge in [-0.25, -0.2) is 0 Å². The highest BCUT2D eigenvalue weighted by atomic mass is 35.5. The summed E-state index contributed by atoms with van der Waals surface area (Å²) in [7, 11) is 0. The van der Waals surface area contributed by atoms with E-state index in [1.807, 2.05) is 0 Å². The molecule has 0 unspecified atom stereocenters. The van der Waals surface area contributed by atoms with Crippen LogP contribution in [0.2, 0.25) is 0 Å². The monoisotopic (exact) mass is 189 g/mol. The second-order valence-corrected chi connectivity index (χ2v) is 3.82. The van der Waals surface area contributed by atoms with Crippen LogP contribution in [0.4, 0.5) is 0 Å². The SMILES string of the molecule is CCCN1CCC[C@@H](C(=O)Cl)C1. The smallest absolute Gasteiger partial charge is 0.226 e. The standard InChI is InChI=1S/C9H16ClNO/c1-2-5-11-6-3-4-8(7-11)9(10)12/h8H,2-7H2,1H3/t8-/m1/s1. The first-order chi connectivity index (χ1) is 5.74. The molecule has 3 heteroatoms. The number of carbonyl (C=O) groups excluding carboxylic acids is 1. The van der Waals surface area contributed by atoms with Crippen molar-refractivity contribution in [3.05, 3.63) is 0 Å². The van der Waals surface area contributed by atoms with E-state index in [2.05, 4.69) is 11.8 Å². The van der Waals surface area contributed by atoms with Gasteiger partial charge in [-0.05, 0) is 44.0 Å². The molecule has 0 N–H and O–H groups in total. The van der Waals surface area contributed by atoms with E-state index in [9.17, 15) is 4.79 Å². The summed E-state index contributed by atoms with van der Waals surface area (Å²) in [6.07, 6.45) is 3.24. The normalized spacial score (nSPS) is 25.7. The lowest BCUT2D eigenvalue weighted by Crippen LogP contribution is -2.37. The van der Waals surface area contributed by atoms with Gasteiger partial charge >= 0.3 is 0 Å². The number of hydrogen-bond acceptors (Lipinski definition) is 2. The fourth-order valence-electron chi connectivity index (χ4n) is 1.76. The van der Waals surface area contributed by atoms with Gasteiger partial charge in [0, 0.05) is 12.5 Å². The van der Waals surface area contributed by atoms with Crippen molar-refractivity contribution in [1.82, 2.24) is 4.90 Å². The van der Waals surface area contributed by atoms with Crippen molar-refractivity contribution in [2.45, 2.75) is 26.2 Å². The second-order valence-electron chi connectivity index (χ2n) is 3.44. The lowest BCUT2D eigenvalue weighted by Gasteiger charge is -2.30.